The molecule has 23 heavy (non-hydrogen) atoms. The summed E-state index contributed by atoms with van der Waals surface area (Å²) < 4.78 is 2.70. The van der Waals surface area contributed by atoms with Crippen LogP contribution in [0.1, 0.15) is 11.4 Å². The standard InChI is InChI=1S/C17H16BrN3O2/c1-11-8-12(18)6-7-13(11)20-17(23)9-21-15-5-3-2-4-14(15)19-16(21)10-22/h2-8,22H,9-10H2,1H3,(H,20,23). The number of nitrogens with one attached hydrogen (secondary N) is 1. The first-order valence-corrected chi connectivity index (χ1v) is 7.99. The van der Waals surface area contributed by atoms with Crippen molar-refractivity contribution in [3.63, 3.8) is 0 Å². The Morgan fingerprint density at radius 1 is 1.30 bits per heavy atom. The molecule has 0 aliphatic heterocycles. The molecule has 0 fully saturated rings. The number of rotatable bonds is 4. The van der Waals surface area contributed by atoms with E-state index in [1.165, 1.54) is 0 Å². The summed E-state index contributed by atoms with van der Waals surface area (Å²) in [4.78, 5) is 16.7. The number of aromatic nitrogens is 2. The van der Waals surface area contributed by atoms with Crippen molar-refractivity contribution in [2.24, 2.45) is 0 Å². The van der Waals surface area contributed by atoms with Gasteiger partial charge in [-0.1, -0.05) is 28.1 Å². The highest BCUT2D eigenvalue weighted by atomic mass is 79.9. The number of benzene rings is 2. The van der Waals surface area contributed by atoms with E-state index in [9.17, 15) is 9.90 Å². The van der Waals surface area contributed by atoms with E-state index in [1.807, 2.05) is 49.4 Å². The minimum atomic E-state index is -0.209. The van der Waals surface area contributed by atoms with Crippen molar-refractivity contribution < 1.29 is 9.90 Å². The van der Waals surface area contributed by atoms with Crippen LogP contribution in [0.15, 0.2) is 46.9 Å². The average Bonchev–Trinajstić information content (AvgIpc) is 2.88. The Balaban J connectivity index is 1.85. The van der Waals surface area contributed by atoms with Gasteiger partial charge in [-0.15, -0.1) is 0 Å². The third-order valence-corrected chi connectivity index (χ3v) is 4.13. The number of carbonyl (C=O) groups excluding carboxylic acids is 1. The molecule has 2 aromatic carbocycles. The number of para-hydroxylation sites is 2. The number of hydrogen-bond acceptors (Lipinski definition) is 3. The molecule has 3 aromatic rings. The van der Waals surface area contributed by atoms with Crippen LogP contribution in [0.2, 0.25) is 0 Å². The number of carbonyl (C=O) groups is 1. The zero-order valence-corrected chi connectivity index (χ0v) is 14.2. The largest absolute Gasteiger partial charge is 0.388 e. The molecule has 0 atom stereocenters. The van der Waals surface area contributed by atoms with Crippen molar-refractivity contribution in [1.29, 1.82) is 0 Å². The Hall–Kier alpha value is -2.18. The van der Waals surface area contributed by atoms with Crippen LogP contribution in [-0.4, -0.2) is 20.6 Å². The minimum absolute atomic E-state index is 0.103. The van der Waals surface area contributed by atoms with Crippen molar-refractivity contribution in [2.45, 2.75) is 20.1 Å². The highest BCUT2D eigenvalue weighted by Crippen LogP contribution is 2.21. The number of anilines is 1. The van der Waals surface area contributed by atoms with Crippen LogP contribution in [0.4, 0.5) is 5.69 Å². The molecule has 5 nitrogen and oxygen atoms in total. The van der Waals surface area contributed by atoms with Gasteiger partial charge in [-0.3, -0.25) is 4.79 Å². The normalized spacial score (nSPS) is 10.9. The molecular weight excluding hydrogens is 358 g/mol. The maximum atomic E-state index is 12.4. The van der Waals surface area contributed by atoms with Gasteiger partial charge in [0.25, 0.3) is 0 Å². The number of fused-ring (bicyclic) bond motifs is 1. The van der Waals surface area contributed by atoms with Crippen LogP contribution >= 0.6 is 15.9 Å². The number of amides is 1. The molecule has 6 heteroatoms. The lowest BCUT2D eigenvalue weighted by molar-refractivity contribution is -0.116. The fourth-order valence-corrected chi connectivity index (χ4v) is 3.00. The van der Waals surface area contributed by atoms with Gasteiger partial charge in [0.1, 0.15) is 19.0 Å². The zero-order valence-electron chi connectivity index (χ0n) is 12.6. The van der Waals surface area contributed by atoms with Crippen LogP contribution < -0.4 is 5.32 Å². The second kappa shape index (κ2) is 6.52. The molecule has 1 amide bonds. The number of halogens is 1. The number of aryl methyl sites for hydroxylation is 1. The number of hydrogen-bond donors (Lipinski definition) is 2. The number of aliphatic hydroxyl groups excluding tert-OH is 1. The predicted octanol–water partition coefficient (Wildman–Crippen LogP) is 3.24. The summed E-state index contributed by atoms with van der Waals surface area (Å²) in [5.41, 5.74) is 3.35. The fraction of sp³-hybridized carbons (Fsp3) is 0.176. The highest BCUT2D eigenvalue weighted by Gasteiger charge is 2.13. The molecule has 0 unspecified atom stereocenters. The Morgan fingerprint density at radius 3 is 2.83 bits per heavy atom. The van der Waals surface area contributed by atoms with Gasteiger partial charge in [-0.2, -0.15) is 0 Å². The second-order valence-corrected chi connectivity index (χ2v) is 6.18. The van der Waals surface area contributed by atoms with E-state index >= 15 is 0 Å². The highest BCUT2D eigenvalue weighted by molar-refractivity contribution is 9.10. The molecule has 1 heterocycles. The molecule has 0 radical (unpaired) electrons. The van der Waals surface area contributed by atoms with Gasteiger partial charge in [0.05, 0.1) is 11.0 Å². The summed E-state index contributed by atoms with van der Waals surface area (Å²) in [6.07, 6.45) is 0. The lowest BCUT2D eigenvalue weighted by Gasteiger charge is -2.11. The Labute approximate surface area is 142 Å². The van der Waals surface area contributed by atoms with Crippen LogP contribution in [0, 0.1) is 6.92 Å². The molecule has 0 spiro atoms. The van der Waals surface area contributed by atoms with E-state index in [0.29, 0.717) is 5.82 Å². The number of imidazole rings is 1. The first-order chi connectivity index (χ1) is 11.1. The van der Waals surface area contributed by atoms with E-state index < -0.39 is 0 Å². The molecule has 0 saturated carbocycles. The fourth-order valence-electron chi connectivity index (χ4n) is 2.52. The first kappa shape index (κ1) is 15.7. The lowest BCUT2D eigenvalue weighted by atomic mass is 10.2. The molecular formula is C17H16BrN3O2. The van der Waals surface area contributed by atoms with Crippen LogP contribution in [0.5, 0.6) is 0 Å². The summed E-state index contributed by atoms with van der Waals surface area (Å²) in [5, 5.41) is 12.4. The molecule has 1 aromatic heterocycles. The zero-order chi connectivity index (χ0) is 16.4. The Kier molecular flexibility index (Phi) is 4.45. The van der Waals surface area contributed by atoms with Crippen molar-refractivity contribution in [3.05, 3.63) is 58.3 Å². The van der Waals surface area contributed by atoms with Gasteiger partial charge < -0.3 is 15.0 Å². The Bertz CT molecular complexity index is 873. The topological polar surface area (TPSA) is 67.2 Å². The third kappa shape index (κ3) is 3.28. The molecule has 2 N–H and O–H groups in total. The monoisotopic (exact) mass is 373 g/mol. The quantitative estimate of drug-likeness (QED) is 0.737. The molecule has 0 bridgehead atoms. The smallest absolute Gasteiger partial charge is 0.244 e. The molecule has 0 aliphatic rings. The van der Waals surface area contributed by atoms with Gasteiger partial charge in [0, 0.05) is 10.2 Å². The van der Waals surface area contributed by atoms with Crippen LogP contribution in [0.3, 0.4) is 0 Å². The predicted molar refractivity (Wildman–Crippen MR) is 93.2 cm³/mol. The number of aliphatic hydroxyl groups is 1. The van der Waals surface area contributed by atoms with E-state index in [0.717, 1.165) is 26.8 Å². The SMILES string of the molecule is Cc1cc(Br)ccc1NC(=O)Cn1c(CO)nc2ccccc21. The van der Waals surface area contributed by atoms with Gasteiger partial charge in [-0.05, 0) is 42.8 Å². The Morgan fingerprint density at radius 2 is 2.09 bits per heavy atom. The molecule has 0 saturated heterocycles. The average molecular weight is 374 g/mol. The maximum Gasteiger partial charge on any atom is 0.244 e. The summed E-state index contributed by atoms with van der Waals surface area (Å²) in [5.74, 6) is 0.321. The van der Waals surface area contributed by atoms with Crippen molar-refractivity contribution in [3.8, 4) is 0 Å². The first-order valence-electron chi connectivity index (χ1n) is 7.19. The maximum absolute atomic E-state index is 12.4. The van der Waals surface area contributed by atoms with E-state index in [-0.39, 0.29) is 19.1 Å². The van der Waals surface area contributed by atoms with Gasteiger partial charge in [0.15, 0.2) is 0 Å². The molecule has 3 rings (SSSR count). The van der Waals surface area contributed by atoms with Gasteiger partial charge in [-0.25, -0.2) is 4.98 Å². The van der Waals surface area contributed by atoms with Crippen LogP contribution in [0.25, 0.3) is 11.0 Å². The summed E-state index contributed by atoms with van der Waals surface area (Å²) in [7, 11) is 0. The summed E-state index contributed by atoms with van der Waals surface area (Å²) in [6, 6.07) is 13.2. The van der Waals surface area contributed by atoms with E-state index in [4.69, 9.17) is 0 Å². The van der Waals surface area contributed by atoms with Crippen molar-refractivity contribution in [1.82, 2.24) is 9.55 Å². The van der Waals surface area contributed by atoms with Crippen molar-refractivity contribution >= 4 is 38.6 Å². The number of nitrogens with zero attached hydrogens (tertiary/aromatic N) is 2. The minimum Gasteiger partial charge on any atom is -0.388 e. The lowest BCUT2D eigenvalue weighted by Crippen LogP contribution is -2.20. The van der Waals surface area contributed by atoms with Crippen LogP contribution in [-0.2, 0) is 17.9 Å². The van der Waals surface area contributed by atoms with E-state index in [2.05, 4.69) is 26.2 Å². The second-order valence-electron chi connectivity index (χ2n) is 5.27. The van der Waals surface area contributed by atoms with Crippen molar-refractivity contribution in [2.75, 3.05) is 5.32 Å². The summed E-state index contributed by atoms with van der Waals surface area (Å²) in [6.45, 7) is 1.83. The van der Waals surface area contributed by atoms with Gasteiger partial charge >= 0.3 is 0 Å². The third-order valence-electron chi connectivity index (χ3n) is 3.64. The summed E-state index contributed by atoms with van der Waals surface area (Å²) >= 11 is 3.40. The van der Waals surface area contributed by atoms with Gasteiger partial charge in [0.2, 0.25) is 5.91 Å². The van der Waals surface area contributed by atoms with E-state index in [1.54, 1.807) is 4.57 Å². The molecule has 0 aliphatic carbocycles. The molecule has 118 valence electrons.